The molecule has 10 heteroatoms. The first-order chi connectivity index (χ1) is 15.7. The maximum Gasteiger partial charge on any atom is 0.422 e. The van der Waals surface area contributed by atoms with E-state index in [-0.39, 0.29) is 16.4 Å². The highest BCUT2D eigenvalue weighted by Crippen LogP contribution is 2.30. The summed E-state index contributed by atoms with van der Waals surface area (Å²) >= 11 is 1.07. The van der Waals surface area contributed by atoms with Crippen LogP contribution in [-0.2, 0) is 6.54 Å². The molecule has 0 atom stereocenters. The smallest absolute Gasteiger partial charge is 0.422 e. The van der Waals surface area contributed by atoms with E-state index >= 15 is 0 Å². The Bertz CT molecular complexity index is 1380. The maximum atomic E-state index is 12.8. The normalized spacial score (nSPS) is 11.5. The Morgan fingerprint density at radius 2 is 1.97 bits per heavy atom. The van der Waals surface area contributed by atoms with Crippen LogP contribution < -0.4 is 15.6 Å². The largest absolute Gasteiger partial charge is 0.484 e. The van der Waals surface area contributed by atoms with Gasteiger partial charge >= 0.3 is 6.18 Å². The van der Waals surface area contributed by atoms with Crippen molar-refractivity contribution in [2.45, 2.75) is 19.6 Å². The van der Waals surface area contributed by atoms with Crippen LogP contribution in [0, 0.1) is 6.92 Å². The molecule has 0 aliphatic heterocycles. The van der Waals surface area contributed by atoms with Gasteiger partial charge in [-0.1, -0.05) is 41.2 Å². The van der Waals surface area contributed by atoms with Crippen molar-refractivity contribution in [3.8, 4) is 5.75 Å². The highest BCUT2D eigenvalue weighted by atomic mass is 32.1. The number of pyridine rings is 1. The molecule has 170 valence electrons. The lowest BCUT2D eigenvalue weighted by atomic mass is 10.1. The van der Waals surface area contributed by atoms with Crippen LogP contribution in [0.1, 0.15) is 21.5 Å². The molecule has 2 aromatic carbocycles. The van der Waals surface area contributed by atoms with E-state index in [1.807, 2.05) is 31.2 Å². The first-order valence-electron chi connectivity index (χ1n) is 9.84. The molecule has 2 heterocycles. The Hall–Kier alpha value is -3.66. The molecule has 1 N–H and O–H groups in total. The van der Waals surface area contributed by atoms with E-state index in [0.29, 0.717) is 16.8 Å². The van der Waals surface area contributed by atoms with Crippen LogP contribution in [0.25, 0.3) is 10.2 Å². The Balaban J connectivity index is 1.51. The van der Waals surface area contributed by atoms with Crippen LogP contribution in [0.4, 0.5) is 18.3 Å². The van der Waals surface area contributed by atoms with Gasteiger partial charge in [-0.3, -0.25) is 14.9 Å². The summed E-state index contributed by atoms with van der Waals surface area (Å²) in [6, 6.07) is 15.1. The van der Waals surface area contributed by atoms with Gasteiger partial charge < -0.3 is 9.30 Å². The average molecular weight is 473 g/mol. The van der Waals surface area contributed by atoms with E-state index in [1.165, 1.54) is 28.8 Å². The predicted molar refractivity (Wildman–Crippen MR) is 120 cm³/mol. The third-order valence-electron chi connectivity index (χ3n) is 4.68. The zero-order valence-corrected chi connectivity index (χ0v) is 18.2. The summed E-state index contributed by atoms with van der Waals surface area (Å²) < 4.78 is 43.8. The minimum Gasteiger partial charge on any atom is -0.484 e. The molecule has 6 nitrogen and oxygen atoms in total. The topological polar surface area (TPSA) is 73.2 Å². The number of anilines is 1. The molecule has 0 bridgehead atoms. The Labute approximate surface area is 190 Å². The molecule has 0 saturated heterocycles. The number of amides is 1. The average Bonchev–Trinajstić information content (AvgIpc) is 3.14. The monoisotopic (exact) mass is 473 g/mol. The number of benzene rings is 2. The van der Waals surface area contributed by atoms with Crippen LogP contribution in [0.5, 0.6) is 5.75 Å². The van der Waals surface area contributed by atoms with Gasteiger partial charge in [-0.05, 0) is 42.8 Å². The summed E-state index contributed by atoms with van der Waals surface area (Å²) in [7, 11) is 0. The number of aryl methyl sites for hydroxylation is 1. The minimum absolute atomic E-state index is 0.0430. The Morgan fingerprint density at radius 3 is 2.73 bits per heavy atom. The van der Waals surface area contributed by atoms with E-state index in [2.05, 4.69) is 10.3 Å². The van der Waals surface area contributed by atoms with Gasteiger partial charge in [-0.25, -0.2) is 4.98 Å². The van der Waals surface area contributed by atoms with Crippen molar-refractivity contribution in [2.24, 2.45) is 0 Å². The minimum atomic E-state index is -4.44. The second-order valence-electron chi connectivity index (χ2n) is 7.35. The molecule has 2 aromatic heterocycles. The highest BCUT2D eigenvalue weighted by Gasteiger charge is 2.28. The number of rotatable bonds is 6. The number of hydrogen-bond acceptors (Lipinski definition) is 5. The van der Waals surface area contributed by atoms with Gasteiger partial charge in [0.25, 0.3) is 11.5 Å². The molecular weight excluding hydrogens is 455 g/mol. The SMILES string of the molecule is Cc1cccc(Cn2cccc(C(=O)Nc3nc4ccc(OCC(F)(F)F)cc4s3)c2=O)c1. The lowest BCUT2D eigenvalue weighted by Crippen LogP contribution is -2.29. The summed E-state index contributed by atoms with van der Waals surface area (Å²) in [4.78, 5) is 29.8. The standard InChI is InChI=1S/C23H18F3N3O3S/c1-14-4-2-5-15(10-14)12-29-9-3-6-17(21(29)31)20(30)28-22-27-18-8-7-16(11-19(18)33-22)32-13-23(24,25)26/h2-11H,12-13H2,1H3,(H,27,28,30). The fraction of sp³-hybridized carbons (Fsp3) is 0.174. The first kappa shape index (κ1) is 22.5. The van der Waals surface area contributed by atoms with E-state index in [1.54, 1.807) is 12.3 Å². The van der Waals surface area contributed by atoms with Gasteiger partial charge in [0.1, 0.15) is 11.3 Å². The van der Waals surface area contributed by atoms with Crippen molar-refractivity contribution in [1.29, 1.82) is 0 Å². The van der Waals surface area contributed by atoms with Crippen LogP contribution in [0.3, 0.4) is 0 Å². The fourth-order valence-electron chi connectivity index (χ4n) is 3.22. The van der Waals surface area contributed by atoms with Crippen molar-refractivity contribution >= 4 is 32.6 Å². The number of alkyl halides is 3. The van der Waals surface area contributed by atoms with Crippen LogP contribution >= 0.6 is 11.3 Å². The number of nitrogens with zero attached hydrogens (tertiary/aromatic N) is 2. The summed E-state index contributed by atoms with van der Waals surface area (Å²) in [5.74, 6) is -0.574. The van der Waals surface area contributed by atoms with E-state index in [4.69, 9.17) is 4.74 Å². The van der Waals surface area contributed by atoms with Crippen molar-refractivity contribution in [3.05, 3.63) is 87.8 Å². The molecule has 0 unspecified atom stereocenters. The number of carbonyl (C=O) groups is 1. The number of fused-ring (bicyclic) bond motifs is 1. The molecule has 0 saturated carbocycles. The fourth-order valence-corrected chi connectivity index (χ4v) is 4.11. The molecule has 0 aliphatic carbocycles. The van der Waals surface area contributed by atoms with Gasteiger partial charge in [0.05, 0.1) is 16.8 Å². The van der Waals surface area contributed by atoms with Crippen molar-refractivity contribution in [2.75, 3.05) is 11.9 Å². The molecule has 0 radical (unpaired) electrons. The van der Waals surface area contributed by atoms with Crippen LogP contribution in [0.2, 0.25) is 0 Å². The third kappa shape index (κ3) is 5.58. The Morgan fingerprint density at radius 1 is 1.15 bits per heavy atom. The molecule has 1 amide bonds. The number of hydrogen-bond donors (Lipinski definition) is 1. The van der Waals surface area contributed by atoms with Gasteiger partial charge in [-0.2, -0.15) is 13.2 Å². The van der Waals surface area contributed by atoms with E-state index < -0.39 is 24.2 Å². The number of thiazole rings is 1. The van der Waals surface area contributed by atoms with Crippen LogP contribution in [0.15, 0.2) is 65.6 Å². The quantitative estimate of drug-likeness (QED) is 0.427. The molecule has 0 fully saturated rings. The second kappa shape index (κ2) is 9.07. The van der Waals surface area contributed by atoms with Crippen molar-refractivity contribution in [1.82, 2.24) is 9.55 Å². The van der Waals surface area contributed by atoms with Crippen molar-refractivity contribution < 1.29 is 22.7 Å². The number of aromatic nitrogens is 2. The number of halogens is 3. The van der Waals surface area contributed by atoms with Gasteiger partial charge in [0.2, 0.25) is 0 Å². The second-order valence-corrected chi connectivity index (χ2v) is 8.38. The van der Waals surface area contributed by atoms with Crippen LogP contribution in [-0.4, -0.2) is 28.2 Å². The molecule has 4 rings (SSSR count). The summed E-state index contributed by atoms with van der Waals surface area (Å²) in [5.41, 5.74) is 2.00. The number of nitrogens with one attached hydrogen (secondary N) is 1. The lowest BCUT2D eigenvalue weighted by Gasteiger charge is -2.08. The van der Waals surface area contributed by atoms with E-state index in [9.17, 15) is 22.8 Å². The van der Waals surface area contributed by atoms with E-state index in [0.717, 1.165) is 22.5 Å². The number of carbonyl (C=O) groups excluding carboxylic acids is 1. The summed E-state index contributed by atoms with van der Waals surface area (Å²) in [6.07, 6.45) is -2.83. The Kier molecular flexibility index (Phi) is 6.19. The van der Waals surface area contributed by atoms with Gasteiger partial charge in [0, 0.05) is 6.20 Å². The molecular formula is C23H18F3N3O3S. The van der Waals surface area contributed by atoms with Gasteiger partial charge in [-0.15, -0.1) is 0 Å². The summed E-state index contributed by atoms with van der Waals surface area (Å²) in [6.45, 7) is 0.882. The summed E-state index contributed by atoms with van der Waals surface area (Å²) in [5, 5.41) is 2.82. The van der Waals surface area contributed by atoms with Gasteiger partial charge in [0.15, 0.2) is 11.7 Å². The zero-order valence-electron chi connectivity index (χ0n) is 17.3. The maximum absolute atomic E-state index is 12.8. The zero-order chi connectivity index (χ0) is 23.6. The molecule has 0 aliphatic rings. The number of ether oxygens (including phenoxy) is 1. The first-order valence-corrected chi connectivity index (χ1v) is 10.7. The molecule has 0 spiro atoms. The third-order valence-corrected chi connectivity index (χ3v) is 5.62. The van der Waals surface area contributed by atoms with Crippen molar-refractivity contribution in [3.63, 3.8) is 0 Å². The highest BCUT2D eigenvalue weighted by molar-refractivity contribution is 7.22. The molecule has 4 aromatic rings. The predicted octanol–water partition coefficient (Wildman–Crippen LogP) is 5.01. The lowest BCUT2D eigenvalue weighted by molar-refractivity contribution is -0.153. The molecule has 33 heavy (non-hydrogen) atoms.